The molecule has 1 saturated heterocycles. The second-order valence-electron chi connectivity index (χ2n) is 6.95. The Morgan fingerprint density at radius 2 is 2.19 bits per heavy atom. The number of β-amino-alcohol motifs (C(OH)–C–C–N with tert-alkyl or cyclic N) is 1. The van der Waals surface area contributed by atoms with E-state index in [0.29, 0.717) is 13.1 Å². The van der Waals surface area contributed by atoms with Gasteiger partial charge in [-0.3, -0.25) is 0 Å². The van der Waals surface area contributed by atoms with E-state index < -0.39 is 6.10 Å². The van der Waals surface area contributed by atoms with Crippen LogP contribution in [0.4, 0.5) is 0 Å². The molecule has 1 atom stereocenters. The molecule has 0 unspecified atom stereocenters. The molecule has 7 heteroatoms. The van der Waals surface area contributed by atoms with Gasteiger partial charge in [0.15, 0.2) is 0 Å². The molecule has 7 nitrogen and oxygen atoms in total. The Bertz CT molecular complexity index is 672. The Hall–Kier alpha value is -2.09. The number of hydrogen-bond acceptors (Lipinski definition) is 6. The molecule has 27 heavy (non-hydrogen) atoms. The van der Waals surface area contributed by atoms with Gasteiger partial charge in [0, 0.05) is 49.6 Å². The molecular formula is C20H30N4O3. The number of aromatic nitrogens is 2. The van der Waals surface area contributed by atoms with Crippen LogP contribution in [-0.2, 0) is 13.0 Å². The topological polar surface area (TPSA) is 82.6 Å². The highest BCUT2D eigenvalue weighted by Gasteiger charge is 2.17. The highest BCUT2D eigenvalue weighted by molar-refractivity contribution is 5.40. The van der Waals surface area contributed by atoms with Crippen molar-refractivity contribution in [2.75, 3.05) is 39.9 Å². The summed E-state index contributed by atoms with van der Waals surface area (Å²) in [4.78, 5) is 9.41. The summed E-state index contributed by atoms with van der Waals surface area (Å²) >= 11 is 0. The lowest BCUT2D eigenvalue weighted by molar-refractivity contribution is 0.0753. The number of H-pyrrole nitrogens is 1. The van der Waals surface area contributed by atoms with Crippen LogP contribution in [0.3, 0.4) is 0 Å². The molecule has 1 aliphatic heterocycles. The second-order valence-corrected chi connectivity index (χ2v) is 6.95. The molecule has 3 rings (SSSR count). The van der Waals surface area contributed by atoms with Crippen molar-refractivity contribution in [2.24, 2.45) is 0 Å². The minimum Gasteiger partial charge on any atom is -0.497 e. The van der Waals surface area contributed by atoms with E-state index in [1.54, 1.807) is 13.4 Å². The first-order valence-corrected chi connectivity index (χ1v) is 9.62. The van der Waals surface area contributed by atoms with Crippen molar-refractivity contribution in [3.8, 4) is 11.5 Å². The molecule has 3 N–H and O–H groups in total. The van der Waals surface area contributed by atoms with Crippen LogP contribution in [0.25, 0.3) is 0 Å². The quantitative estimate of drug-likeness (QED) is 0.518. The third kappa shape index (κ3) is 6.23. The van der Waals surface area contributed by atoms with Gasteiger partial charge in [-0.05, 0) is 32.0 Å². The van der Waals surface area contributed by atoms with Gasteiger partial charge in [-0.1, -0.05) is 6.07 Å². The normalized spacial score (nSPS) is 15.8. The minimum atomic E-state index is -0.490. The van der Waals surface area contributed by atoms with Crippen LogP contribution in [0.2, 0.25) is 0 Å². The van der Waals surface area contributed by atoms with Gasteiger partial charge in [-0.25, -0.2) is 4.98 Å². The second kappa shape index (κ2) is 10.3. The van der Waals surface area contributed by atoms with Crippen molar-refractivity contribution < 1.29 is 14.6 Å². The number of imidazole rings is 1. The molecule has 1 fully saturated rings. The van der Waals surface area contributed by atoms with Crippen molar-refractivity contribution in [1.82, 2.24) is 20.2 Å². The van der Waals surface area contributed by atoms with Crippen LogP contribution in [0.15, 0.2) is 30.7 Å². The van der Waals surface area contributed by atoms with E-state index in [4.69, 9.17) is 9.47 Å². The lowest BCUT2D eigenvalue weighted by Gasteiger charge is -2.20. The van der Waals surface area contributed by atoms with Crippen LogP contribution in [0.5, 0.6) is 11.5 Å². The predicted molar refractivity (Wildman–Crippen MR) is 104 cm³/mol. The number of benzene rings is 1. The van der Waals surface area contributed by atoms with E-state index in [-0.39, 0.29) is 6.61 Å². The average molecular weight is 374 g/mol. The minimum absolute atomic E-state index is 0.283. The molecule has 0 radical (unpaired) electrons. The third-order valence-electron chi connectivity index (χ3n) is 4.81. The summed E-state index contributed by atoms with van der Waals surface area (Å²) in [5.41, 5.74) is 2.16. The maximum atomic E-state index is 10.3. The molecular weight excluding hydrogens is 344 g/mol. The van der Waals surface area contributed by atoms with Crippen molar-refractivity contribution in [3.63, 3.8) is 0 Å². The molecule has 0 aliphatic carbocycles. The van der Waals surface area contributed by atoms with E-state index in [1.807, 2.05) is 24.4 Å². The van der Waals surface area contributed by atoms with E-state index >= 15 is 0 Å². The fourth-order valence-electron chi connectivity index (χ4n) is 3.31. The van der Waals surface area contributed by atoms with Crippen molar-refractivity contribution in [3.05, 3.63) is 42.0 Å². The lowest BCUT2D eigenvalue weighted by atomic mass is 10.2. The van der Waals surface area contributed by atoms with Crippen molar-refractivity contribution in [1.29, 1.82) is 0 Å². The van der Waals surface area contributed by atoms with E-state index in [2.05, 4.69) is 20.2 Å². The Morgan fingerprint density at radius 1 is 1.33 bits per heavy atom. The number of likely N-dealkylation sites (tertiary alicyclic amines) is 1. The number of nitrogens with zero attached hydrogens (tertiary/aromatic N) is 2. The summed E-state index contributed by atoms with van der Waals surface area (Å²) in [6.07, 6.45) is 6.37. The predicted octanol–water partition coefficient (Wildman–Crippen LogP) is 1.59. The SMILES string of the molecule is COc1ccc(CNCCc2cnc[nH]2)c(OC[C@@H](O)CN2CCCC2)c1. The molecule has 1 aliphatic rings. The standard InChI is InChI=1S/C20H30N4O3/c1-26-19-5-4-16(11-21-7-6-17-12-22-15-23-17)20(10-19)27-14-18(25)13-24-8-2-3-9-24/h4-5,10,12,15,18,21,25H,2-3,6-9,11,13-14H2,1H3,(H,22,23)/t18-/m0/s1. The van der Waals surface area contributed by atoms with Crippen LogP contribution in [0.1, 0.15) is 24.1 Å². The number of ether oxygens (including phenoxy) is 2. The molecule has 0 spiro atoms. The fourth-order valence-corrected chi connectivity index (χ4v) is 3.31. The van der Waals surface area contributed by atoms with Gasteiger partial charge in [0.2, 0.25) is 0 Å². The molecule has 2 aromatic rings. The molecule has 2 heterocycles. The van der Waals surface area contributed by atoms with E-state index in [9.17, 15) is 5.11 Å². The Balaban J connectivity index is 1.50. The summed E-state index contributed by atoms with van der Waals surface area (Å²) in [6.45, 7) is 4.62. The van der Waals surface area contributed by atoms with E-state index in [1.165, 1.54) is 12.8 Å². The molecule has 1 aromatic heterocycles. The maximum Gasteiger partial charge on any atom is 0.127 e. The van der Waals surface area contributed by atoms with Gasteiger partial charge in [-0.15, -0.1) is 0 Å². The highest BCUT2D eigenvalue weighted by Crippen LogP contribution is 2.25. The van der Waals surface area contributed by atoms with Crippen LogP contribution >= 0.6 is 0 Å². The lowest BCUT2D eigenvalue weighted by Crippen LogP contribution is -2.33. The maximum absolute atomic E-state index is 10.3. The van der Waals surface area contributed by atoms with Crippen LogP contribution in [0, 0.1) is 0 Å². The Morgan fingerprint density at radius 3 is 2.93 bits per heavy atom. The third-order valence-corrected chi connectivity index (χ3v) is 4.81. The number of aliphatic hydroxyl groups is 1. The largest absolute Gasteiger partial charge is 0.497 e. The molecule has 0 saturated carbocycles. The number of methoxy groups -OCH3 is 1. The number of nitrogens with one attached hydrogen (secondary N) is 2. The number of aromatic amines is 1. The zero-order chi connectivity index (χ0) is 18.9. The van der Waals surface area contributed by atoms with E-state index in [0.717, 1.165) is 48.8 Å². The van der Waals surface area contributed by atoms with Gasteiger partial charge < -0.3 is 29.8 Å². The first kappa shape index (κ1) is 19.7. The molecule has 0 amide bonds. The van der Waals surface area contributed by atoms with Gasteiger partial charge in [0.05, 0.1) is 13.4 Å². The summed E-state index contributed by atoms with van der Waals surface area (Å²) in [5.74, 6) is 1.50. The van der Waals surface area contributed by atoms with Crippen LogP contribution in [-0.4, -0.2) is 66.0 Å². The van der Waals surface area contributed by atoms with Crippen LogP contribution < -0.4 is 14.8 Å². The summed E-state index contributed by atoms with van der Waals surface area (Å²) < 4.78 is 11.3. The summed E-state index contributed by atoms with van der Waals surface area (Å²) in [6, 6.07) is 5.82. The number of rotatable bonds is 11. The zero-order valence-corrected chi connectivity index (χ0v) is 16.0. The molecule has 1 aromatic carbocycles. The molecule has 0 bridgehead atoms. The molecule has 148 valence electrons. The monoisotopic (exact) mass is 374 g/mol. The summed E-state index contributed by atoms with van der Waals surface area (Å²) in [5, 5.41) is 13.7. The number of aliphatic hydroxyl groups excluding tert-OH is 1. The van der Waals surface area contributed by atoms with Gasteiger partial charge in [0.1, 0.15) is 24.2 Å². The number of hydrogen-bond donors (Lipinski definition) is 3. The Labute approximate surface area is 160 Å². The van der Waals surface area contributed by atoms with Gasteiger partial charge >= 0.3 is 0 Å². The smallest absolute Gasteiger partial charge is 0.127 e. The Kier molecular flexibility index (Phi) is 7.50. The van der Waals surface area contributed by atoms with Gasteiger partial charge in [0.25, 0.3) is 0 Å². The average Bonchev–Trinajstić information content (AvgIpc) is 3.38. The van der Waals surface area contributed by atoms with Crippen molar-refractivity contribution >= 4 is 0 Å². The zero-order valence-electron chi connectivity index (χ0n) is 16.0. The fraction of sp³-hybridized carbons (Fsp3) is 0.550. The first-order valence-electron chi connectivity index (χ1n) is 9.62. The highest BCUT2D eigenvalue weighted by atomic mass is 16.5. The van der Waals surface area contributed by atoms with Crippen molar-refractivity contribution in [2.45, 2.75) is 31.9 Å². The summed E-state index contributed by atoms with van der Waals surface area (Å²) in [7, 11) is 1.64. The van der Waals surface area contributed by atoms with Gasteiger partial charge in [-0.2, -0.15) is 0 Å². The first-order chi connectivity index (χ1) is 13.2.